The lowest BCUT2D eigenvalue weighted by Gasteiger charge is -2.22. The van der Waals surface area contributed by atoms with E-state index in [1.165, 1.54) is 0 Å². The third kappa shape index (κ3) is 4.79. The van der Waals surface area contributed by atoms with Crippen LogP contribution in [-0.4, -0.2) is 40.1 Å². The summed E-state index contributed by atoms with van der Waals surface area (Å²) in [4.78, 5) is 18.5. The molecule has 0 saturated carbocycles. The van der Waals surface area contributed by atoms with E-state index in [1.54, 1.807) is 24.3 Å². The molecule has 0 saturated heterocycles. The number of hydrogen-bond acceptors (Lipinski definition) is 6. The summed E-state index contributed by atoms with van der Waals surface area (Å²) in [5, 5.41) is 16.1. The molecule has 1 amide bonds. The fourth-order valence-electron chi connectivity index (χ4n) is 2.09. The van der Waals surface area contributed by atoms with Crippen molar-refractivity contribution in [2.75, 3.05) is 14.1 Å². The van der Waals surface area contributed by atoms with Crippen LogP contribution in [0.15, 0.2) is 28.8 Å². The number of carbonyl (C=O) groups excluding carboxylic acids is 1. The second kappa shape index (κ2) is 6.78. The first-order valence-corrected chi connectivity index (χ1v) is 7.33. The molecule has 0 aliphatic carbocycles. The van der Waals surface area contributed by atoms with E-state index >= 15 is 0 Å². The van der Waals surface area contributed by atoms with Crippen molar-refractivity contribution < 1.29 is 14.4 Å². The third-order valence-electron chi connectivity index (χ3n) is 3.23. The smallest absolute Gasteiger partial charge is 0.240 e. The van der Waals surface area contributed by atoms with Gasteiger partial charge in [0.25, 0.3) is 0 Å². The van der Waals surface area contributed by atoms with E-state index in [-0.39, 0.29) is 18.1 Å². The molecule has 2 aromatic rings. The number of aromatic hydroxyl groups is 1. The number of aromatic nitrogens is 2. The molecule has 1 aromatic heterocycles. The summed E-state index contributed by atoms with van der Waals surface area (Å²) in [5.41, 5.74) is 0.0831. The highest BCUT2D eigenvalue weighted by Gasteiger charge is 2.28. The molecule has 1 aromatic carbocycles. The van der Waals surface area contributed by atoms with Gasteiger partial charge in [-0.2, -0.15) is 4.98 Å². The quantitative estimate of drug-likeness (QED) is 0.837. The molecule has 1 heterocycles. The normalized spacial score (nSPS) is 11.7. The summed E-state index contributed by atoms with van der Waals surface area (Å²) in [6.07, 6.45) is 0.214. The number of nitrogens with zero attached hydrogens (tertiary/aromatic N) is 3. The maximum absolute atomic E-state index is 12.2. The Morgan fingerprint density at radius 1 is 1.30 bits per heavy atom. The Balaban J connectivity index is 2.00. The fraction of sp³-hybridized carbons (Fsp3) is 0.438. The standard InChI is InChI=1S/C16H22N4O3/c1-16(2,15-17-14(23-19-15)10-20(3)4)18-13(22)9-11-5-7-12(21)8-6-11/h5-8,21H,9-10H2,1-4H3,(H,18,22). The minimum atomic E-state index is -0.734. The number of phenolic OH excluding ortho intramolecular Hbond substituents is 1. The second-order valence-electron chi connectivity index (χ2n) is 6.27. The minimum Gasteiger partial charge on any atom is -0.508 e. The molecule has 0 aliphatic rings. The van der Waals surface area contributed by atoms with E-state index in [0.717, 1.165) is 5.56 Å². The van der Waals surface area contributed by atoms with Crippen LogP contribution < -0.4 is 5.32 Å². The van der Waals surface area contributed by atoms with Crippen molar-refractivity contribution in [2.45, 2.75) is 32.4 Å². The number of rotatable bonds is 6. The van der Waals surface area contributed by atoms with E-state index in [1.807, 2.05) is 32.8 Å². The van der Waals surface area contributed by atoms with Gasteiger partial charge in [-0.3, -0.25) is 4.79 Å². The Morgan fingerprint density at radius 3 is 2.57 bits per heavy atom. The van der Waals surface area contributed by atoms with Crippen LogP contribution in [0.2, 0.25) is 0 Å². The van der Waals surface area contributed by atoms with Gasteiger partial charge in [-0.05, 0) is 45.6 Å². The molecule has 0 bridgehead atoms. The maximum atomic E-state index is 12.2. The van der Waals surface area contributed by atoms with Crippen molar-refractivity contribution >= 4 is 5.91 Å². The van der Waals surface area contributed by atoms with Crippen LogP contribution in [0.5, 0.6) is 5.75 Å². The molecule has 7 heteroatoms. The fourth-order valence-corrected chi connectivity index (χ4v) is 2.09. The average molecular weight is 318 g/mol. The van der Waals surface area contributed by atoms with Crippen LogP contribution in [0, 0.1) is 0 Å². The molecule has 0 radical (unpaired) electrons. The number of nitrogens with one attached hydrogen (secondary N) is 1. The van der Waals surface area contributed by atoms with Crippen molar-refractivity contribution in [3.05, 3.63) is 41.5 Å². The summed E-state index contributed by atoms with van der Waals surface area (Å²) in [7, 11) is 3.82. The second-order valence-corrected chi connectivity index (χ2v) is 6.27. The van der Waals surface area contributed by atoms with Gasteiger partial charge in [0.05, 0.1) is 18.5 Å². The van der Waals surface area contributed by atoms with Gasteiger partial charge in [0, 0.05) is 0 Å². The molecule has 0 atom stereocenters. The maximum Gasteiger partial charge on any atom is 0.240 e. The Morgan fingerprint density at radius 2 is 1.96 bits per heavy atom. The molecule has 2 N–H and O–H groups in total. The van der Waals surface area contributed by atoms with Gasteiger partial charge in [0.2, 0.25) is 11.8 Å². The van der Waals surface area contributed by atoms with E-state index in [4.69, 9.17) is 4.52 Å². The number of carbonyl (C=O) groups is 1. The molecular formula is C16H22N4O3. The molecule has 2 rings (SSSR count). The largest absolute Gasteiger partial charge is 0.508 e. The van der Waals surface area contributed by atoms with Crippen molar-refractivity contribution in [3.63, 3.8) is 0 Å². The zero-order chi connectivity index (χ0) is 17.0. The monoisotopic (exact) mass is 318 g/mol. The lowest BCUT2D eigenvalue weighted by atomic mass is 10.0. The first-order valence-electron chi connectivity index (χ1n) is 7.33. The topological polar surface area (TPSA) is 91.5 Å². The summed E-state index contributed by atoms with van der Waals surface area (Å²) in [6.45, 7) is 4.20. The Hall–Kier alpha value is -2.41. The molecule has 0 unspecified atom stereocenters. The van der Waals surface area contributed by atoms with Crippen LogP contribution in [0.3, 0.4) is 0 Å². The molecule has 23 heavy (non-hydrogen) atoms. The van der Waals surface area contributed by atoms with Gasteiger partial charge in [-0.1, -0.05) is 17.3 Å². The van der Waals surface area contributed by atoms with Crippen LogP contribution in [0.25, 0.3) is 0 Å². The van der Waals surface area contributed by atoms with Crippen LogP contribution in [0.4, 0.5) is 0 Å². The number of amides is 1. The van der Waals surface area contributed by atoms with Gasteiger partial charge in [-0.15, -0.1) is 0 Å². The Bertz CT molecular complexity index is 662. The summed E-state index contributed by atoms with van der Waals surface area (Å²) >= 11 is 0. The SMILES string of the molecule is CN(C)Cc1nc(C(C)(C)NC(=O)Cc2ccc(O)cc2)no1. The lowest BCUT2D eigenvalue weighted by Crippen LogP contribution is -2.42. The zero-order valence-corrected chi connectivity index (χ0v) is 13.8. The summed E-state index contributed by atoms with van der Waals surface area (Å²) in [6, 6.07) is 6.54. The van der Waals surface area contributed by atoms with Crippen molar-refractivity contribution in [2.24, 2.45) is 0 Å². The van der Waals surface area contributed by atoms with Crippen molar-refractivity contribution in [3.8, 4) is 5.75 Å². The van der Waals surface area contributed by atoms with E-state index in [0.29, 0.717) is 18.3 Å². The number of benzene rings is 1. The van der Waals surface area contributed by atoms with Crippen LogP contribution in [0.1, 0.15) is 31.1 Å². The molecule has 7 nitrogen and oxygen atoms in total. The van der Waals surface area contributed by atoms with E-state index in [2.05, 4.69) is 15.5 Å². The van der Waals surface area contributed by atoms with Crippen LogP contribution >= 0.6 is 0 Å². The summed E-state index contributed by atoms with van der Waals surface area (Å²) in [5.74, 6) is 0.966. The molecular weight excluding hydrogens is 296 g/mol. The lowest BCUT2D eigenvalue weighted by molar-refractivity contribution is -0.122. The first-order chi connectivity index (χ1) is 10.8. The molecule has 0 spiro atoms. The molecule has 0 fully saturated rings. The van der Waals surface area contributed by atoms with Gasteiger partial charge in [0.15, 0.2) is 5.82 Å². The molecule has 0 aliphatic heterocycles. The van der Waals surface area contributed by atoms with Gasteiger partial charge >= 0.3 is 0 Å². The highest BCUT2D eigenvalue weighted by atomic mass is 16.5. The highest BCUT2D eigenvalue weighted by Crippen LogP contribution is 2.18. The van der Waals surface area contributed by atoms with Crippen LogP contribution in [-0.2, 0) is 23.3 Å². The third-order valence-corrected chi connectivity index (χ3v) is 3.23. The van der Waals surface area contributed by atoms with E-state index < -0.39 is 5.54 Å². The first kappa shape index (κ1) is 17.0. The average Bonchev–Trinajstić information content (AvgIpc) is 2.89. The predicted octanol–water partition coefficient (Wildman–Crippen LogP) is 1.43. The Labute approximate surface area is 135 Å². The number of phenols is 1. The zero-order valence-electron chi connectivity index (χ0n) is 13.8. The van der Waals surface area contributed by atoms with E-state index in [9.17, 15) is 9.90 Å². The van der Waals surface area contributed by atoms with Crippen molar-refractivity contribution in [1.29, 1.82) is 0 Å². The van der Waals surface area contributed by atoms with Gasteiger partial charge in [0.1, 0.15) is 5.75 Å². The number of hydrogen-bond donors (Lipinski definition) is 2. The highest BCUT2D eigenvalue weighted by molar-refractivity contribution is 5.79. The van der Waals surface area contributed by atoms with Gasteiger partial charge in [-0.25, -0.2) is 0 Å². The predicted molar refractivity (Wildman–Crippen MR) is 84.7 cm³/mol. The minimum absolute atomic E-state index is 0.153. The van der Waals surface area contributed by atoms with Gasteiger partial charge < -0.3 is 19.8 Å². The van der Waals surface area contributed by atoms with Crippen molar-refractivity contribution in [1.82, 2.24) is 20.4 Å². The summed E-state index contributed by atoms with van der Waals surface area (Å²) < 4.78 is 5.19. The molecule has 124 valence electrons. The Kier molecular flexibility index (Phi) is 5.00.